The number of thiazole rings is 1. The molecular weight excluding hydrogens is 697 g/mol. The van der Waals surface area contributed by atoms with Crippen LogP contribution >= 0.6 is 23.1 Å². The highest BCUT2D eigenvalue weighted by molar-refractivity contribution is 8.03. The molecule has 2 aliphatic rings. The van der Waals surface area contributed by atoms with Gasteiger partial charge in [0.2, 0.25) is 0 Å². The van der Waals surface area contributed by atoms with Crippen molar-refractivity contribution in [2.24, 2.45) is 11.3 Å². The molecule has 0 spiro atoms. The van der Waals surface area contributed by atoms with Crippen LogP contribution in [-0.2, 0) is 27.3 Å². The van der Waals surface area contributed by atoms with E-state index in [1.54, 1.807) is 11.8 Å². The number of carbonyl (C=O) groups is 1. The SMILES string of the molecule is Cc1nc(-c2ccc(C(F)(F)F)cc2)sc1C(CC1=CCC(C)(c2ccc(C(F)(F)F)cc2)C=C1)SC1=CC(C)(C)C(OCC(=O)O)C(C)C1. The van der Waals surface area contributed by atoms with E-state index in [1.165, 1.54) is 35.6 Å². The Hall–Kier alpha value is -3.35. The number of aryl methyl sites for hydroxylation is 1. The first-order chi connectivity index (χ1) is 23.2. The molecule has 0 bridgehead atoms. The van der Waals surface area contributed by atoms with E-state index < -0.39 is 40.3 Å². The molecule has 50 heavy (non-hydrogen) atoms. The van der Waals surface area contributed by atoms with Crippen LogP contribution in [0.4, 0.5) is 26.3 Å². The molecule has 1 aromatic heterocycles. The zero-order valence-corrected chi connectivity index (χ0v) is 29.9. The molecule has 4 unspecified atom stereocenters. The van der Waals surface area contributed by atoms with Gasteiger partial charge in [-0.2, -0.15) is 26.3 Å². The molecule has 0 saturated heterocycles. The number of benzene rings is 2. The van der Waals surface area contributed by atoms with Crippen molar-refractivity contribution < 1.29 is 41.0 Å². The summed E-state index contributed by atoms with van der Waals surface area (Å²) in [6.07, 6.45) is 1.09. The third kappa shape index (κ3) is 8.74. The third-order valence-electron chi connectivity index (χ3n) is 9.32. The second-order valence-corrected chi connectivity index (χ2v) is 16.3. The molecule has 2 aliphatic carbocycles. The van der Waals surface area contributed by atoms with Crippen molar-refractivity contribution in [1.29, 1.82) is 0 Å². The number of allylic oxidation sites excluding steroid dienone is 5. The summed E-state index contributed by atoms with van der Waals surface area (Å²) in [6.45, 7) is 9.62. The van der Waals surface area contributed by atoms with Gasteiger partial charge in [0.25, 0.3) is 0 Å². The highest BCUT2D eigenvalue weighted by atomic mass is 32.2. The second-order valence-electron chi connectivity index (χ2n) is 13.9. The van der Waals surface area contributed by atoms with Crippen LogP contribution < -0.4 is 0 Å². The van der Waals surface area contributed by atoms with Gasteiger partial charge in [-0.05, 0) is 66.8 Å². The van der Waals surface area contributed by atoms with Crippen molar-refractivity contribution >= 4 is 29.1 Å². The Bertz CT molecular complexity index is 1790. The van der Waals surface area contributed by atoms with E-state index in [4.69, 9.17) is 9.72 Å². The fourth-order valence-corrected chi connectivity index (χ4v) is 9.72. The molecule has 0 saturated carbocycles. The van der Waals surface area contributed by atoms with Gasteiger partial charge in [-0.15, -0.1) is 23.1 Å². The van der Waals surface area contributed by atoms with Gasteiger partial charge in [0.15, 0.2) is 0 Å². The monoisotopic (exact) mass is 735 g/mol. The lowest BCUT2D eigenvalue weighted by molar-refractivity contribution is -0.148. The van der Waals surface area contributed by atoms with E-state index >= 15 is 0 Å². The molecule has 0 aliphatic heterocycles. The number of aliphatic carboxylic acids is 1. The summed E-state index contributed by atoms with van der Waals surface area (Å²) < 4.78 is 85.0. The van der Waals surface area contributed by atoms with Crippen LogP contribution in [0.3, 0.4) is 0 Å². The number of thioether (sulfide) groups is 1. The van der Waals surface area contributed by atoms with Gasteiger partial charge in [0, 0.05) is 26.5 Å². The van der Waals surface area contributed by atoms with E-state index in [2.05, 4.69) is 12.2 Å². The van der Waals surface area contributed by atoms with Crippen LogP contribution in [0.25, 0.3) is 10.6 Å². The van der Waals surface area contributed by atoms with Gasteiger partial charge >= 0.3 is 18.3 Å². The van der Waals surface area contributed by atoms with Crippen molar-refractivity contribution in [1.82, 2.24) is 4.98 Å². The minimum atomic E-state index is -4.44. The average molecular weight is 736 g/mol. The fraction of sp³-hybridized carbons (Fsp3) is 0.421. The predicted octanol–water partition coefficient (Wildman–Crippen LogP) is 11.6. The first-order valence-electron chi connectivity index (χ1n) is 16.2. The summed E-state index contributed by atoms with van der Waals surface area (Å²) in [7, 11) is 0. The van der Waals surface area contributed by atoms with E-state index in [1.807, 2.05) is 46.8 Å². The molecule has 5 rings (SSSR count). The molecule has 4 nitrogen and oxygen atoms in total. The average Bonchev–Trinajstić information content (AvgIpc) is 3.41. The van der Waals surface area contributed by atoms with Crippen molar-refractivity contribution in [3.63, 3.8) is 0 Å². The fourth-order valence-electron chi connectivity index (χ4n) is 6.73. The molecule has 0 fully saturated rings. The quantitative estimate of drug-likeness (QED) is 0.210. The van der Waals surface area contributed by atoms with E-state index in [0.29, 0.717) is 29.8 Å². The van der Waals surface area contributed by atoms with Gasteiger partial charge < -0.3 is 9.84 Å². The molecule has 268 valence electrons. The number of ether oxygens (including phenoxy) is 1. The first-order valence-corrected chi connectivity index (χ1v) is 17.9. The lowest BCUT2D eigenvalue weighted by atomic mass is 9.74. The maximum absolute atomic E-state index is 13.2. The van der Waals surface area contributed by atoms with Crippen molar-refractivity contribution in [2.45, 2.75) is 83.0 Å². The van der Waals surface area contributed by atoms with Gasteiger partial charge in [-0.1, -0.05) is 81.8 Å². The van der Waals surface area contributed by atoms with E-state index in [-0.39, 0.29) is 23.9 Å². The van der Waals surface area contributed by atoms with Gasteiger partial charge in [0.05, 0.1) is 22.9 Å². The van der Waals surface area contributed by atoms with Crippen molar-refractivity contribution in [3.05, 3.63) is 111 Å². The smallest absolute Gasteiger partial charge is 0.416 e. The normalized spacial score (nSPS) is 22.9. The van der Waals surface area contributed by atoms with E-state index in [9.17, 15) is 36.2 Å². The Morgan fingerprint density at radius 1 is 1.02 bits per heavy atom. The highest BCUT2D eigenvalue weighted by Gasteiger charge is 2.39. The second kappa shape index (κ2) is 14.3. The van der Waals surface area contributed by atoms with Gasteiger partial charge in [0.1, 0.15) is 11.6 Å². The van der Waals surface area contributed by atoms with Crippen LogP contribution in [0, 0.1) is 18.3 Å². The molecule has 4 atom stereocenters. The number of rotatable bonds is 10. The molecule has 1 N–H and O–H groups in total. The van der Waals surface area contributed by atoms with Crippen LogP contribution in [-0.4, -0.2) is 28.8 Å². The minimum Gasteiger partial charge on any atom is -0.480 e. The standard InChI is InChI=1S/C38H39F6NO3S2/c1-22-18-29(20-35(3,4)33(22)48-21-31(46)47)49-30(32-23(2)45-34(50-32)25-6-8-27(9-7-25)37(39,40)41)19-24-14-16-36(5,17-15-24)26-10-12-28(13-11-26)38(42,43)44/h6-16,20,22,30,33H,17-19,21H2,1-5H3,(H,46,47). The summed E-state index contributed by atoms with van der Waals surface area (Å²) in [5.41, 5.74) is 0.872. The number of carboxylic acid groups (broad SMARTS) is 1. The summed E-state index contributed by atoms with van der Waals surface area (Å²) in [5, 5.41) is 9.71. The number of hydrogen-bond donors (Lipinski definition) is 1. The number of carboxylic acids is 1. The molecule has 0 radical (unpaired) electrons. The molecule has 1 heterocycles. The minimum absolute atomic E-state index is 0.0426. The largest absolute Gasteiger partial charge is 0.480 e. The summed E-state index contributed by atoms with van der Waals surface area (Å²) in [4.78, 5) is 18.1. The number of alkyl halides is 6. The van der Waals surface area contributed by atoms with Crippen molar-refractivity contribution in [3.8, 4) is 10.6 Å². The lowest BCUT2D eigenvalue weighted by Crippen LogP contribution is -2.40. The number of hydrogen-bond acceptors (Lipinski definition) is 5. The number of halogens is 6. The van der Waals surface area contributed by atoms with Crippen LogP contribution in [0.1, 0.15) is 79.5 Å². The number of aromatic nitrogens is 1. The Morgan fingerprint density at radius 2 is 1.62 bits per heavy atom. The summed E-state index contributed by atoms with van der Waals surface area (Å²) in [6, 6.07) is 10.3. The van der Waals surface area contributed by atoms with Gasteiger partial charge in [-0.3, -0.25) is 0 Å². The summed E-state index contributed by atoms with van der Waals surface area (Å²) in [5.74, 6) is -0.981. The third-order valence-corrected chi connectivity index (χ3v) is 12.1. The zero-order chi connectivity index (χ0) is 36.6. The Kier molecular flexibility index (Phi) is 10.9. The summed E-state index contributed by atoms with van der Waals surface area (Å²) >= 11 is 3.15. The maximum Gasteiger partial charge on any atom is 0.416 e. The maximum atomic E-state index is 13.2. The van der Waals surface area contributed by atoms with E-state index in [0.717, 1.165) is 50.9 Å². The van der Waals surface area contributed by atoms with Crippen LogP contribution in [0.2, 0.25) is 0 Å². The Balaban J connectivity index is 1.43. The zero-order valence-electron chi connectivity index (χ0n) is 28.3. The molecule has 0 amide bonds. The Labute approximate surface area is 296 Å². The molecule has 12 heteroatoms. The Morgan fingerprint density at radius 3 is 2.14 bits per heavy atom. The molecule has 2 aromatic carbocycles. The topological polar surface area (TPSA) is 59.4 Å². The van der Waals surface area contributed by atoms with Gasteiger partial charge in [-0.25, -0.2) is 9.78 Å². The highest BCUT2D eigenvalue weighted by Crippen LogP contribution is 2.51. The predicted molar refractivity (Wildman–Crippen MR) is 186 cm³/mol. The molecular formula is C38H39F6NO3S2. The molecule has 3 aromatic rings. The lowest BCUT2D eigenvalue weighted by Gasteiger charge is -2.41. The van der Waals surface area contributed by atoms with Crippen LogP contribution in [0.5, 0.6) is 0 Å². The van der Waals surface area contributed by atoms with Crippen molar-refractivity contribution in [2.75, 3.05) is 6.61 Å². The number of nitrogens with zero attached hydrogens (tertiary/aromatic N) is 1. The first kappa shape index (κ1) is 37.9. The van der Waals surface area contributed by atoms with Crippen LogP contribution in [0.15, 0.2) is 83.3 Å².